The van der Waals surface area contributed by atoms with Crippen molar-refractivity contribution in [1.29, 1.82) is 0 Å². The van der Waals surface area contributed by atoms with Gasteiger partial charge >= 0.3 is 0 Å². The minimum Gasteiger partial charge on any atom is -0.351 e. The van der Waals surface area contributed by atoms with Crippen LogP contribution in [0.15, 0.2) is 53.4 Å². The Kier molecular flexibility index (Phi) is 6.33. The van der Waals surface area contributed by atoms with E-state index in [0.717, 1.165) is 41.1 Å². The maximum absolute atomic E-state index is 13.7. The van der Waals surface area contributed by atoms with Crippen LogP contribution < -0.4 is 10.2 Å². The van der Waals surface area contributed by atoms with Gasteiger partial charge in [0.1, 0.15) is 5.54 Å². The van der Waals surface area contributed by atoms with Gasteiger partial charge in [0.25, 0.3) is 0 Å². The molecule has 1 unspecified atom stereocenters. The third-order valence-corrected chi connectivity index (χ3v) is 8.37. The number of sulfonamides is 1. The van der Waals surface area contributed by atoms with Crippen LogP contribution in [0.4, 0.5) is 5.69 Å². The van der Waals surface area contributed by atoms with Crippen molar-refractivity contribution < 1.29 is 18.0 Å². The summed E-state index contributed by atoms with van der Waals surface area (Å²) in [5.41, 5.74) is 1.16. The maximum atomic E-state index is 13.7. The van der Waals surface area contributed by atoms with Crippen LogP contribution in [0, 0.1) is 13.8 Å². The average molecular weight is 470 g/mol. The fourth-order valence-electron chi connectivity index (χ4n) is 4.97. The van der Waals surface area contributed by atoms with E-state index >= 15 is 0 Å². The molecule has 4 rings (SSSR count). The van der Waals surface area contributed by atoms with Gasteiger partial charge in [-0.3, -0.25) is 14.5 Å². The highest BCUT2D eigenvalue weighted by molar-refractivity contribution is 7.89. The van der Waals surface area contributed by atoms with Crippen LogP contribution in [0.5, 0.6) is 0 Å². The number of benzene rings is 2. The first-order valence-electron chi connectivity index (χ1n) is 11.4. The molecule has 2 aromatic rings. The molecule has 0 spiro atoms. The number of hydrogen-bond donors (Lipinski definition) is 1. The molecule has 1 atom stereocenters. The van der Waals surface area contributed by atoms with Crippen LogP contribution in [-0.4, -0.2) is 49.2 Å². The molecule has 1 aliphatic heterocycles. The smallest absolute Gasteiger partial charge is 0.247 e. The summed E-state index contributed by atoms with van der Waals surface area (Å²) in [7, 11) is -3.94. The Hall–Kier alpha value is -2.71. The lowest BCUT2D eigenvalue weighted by atomic mass is 9.93. The molecule has 0 radical (unpaired) electrons. The van der Waals surface area contributed by atoms with E-state index in [4.69, 9.17) is 0 Å². The number of aryl methyl sites for hydroxylation is 2. The largest absolute Gasteiger partial charge is 0.351 e. The van der Waals surface area contributed by atoms with Crippen molar-refractivity contribution in [2.45, 2.75) is 62.9 Å². The zero-order valence-corrected chi connectivity index (χ0v) is 20.2. The van der Waals surface area contributed by atoms with Gasteiger partial charge in [-0.15, -0.1) is 0 Å². The number of rotatable bonds is 5. The molecule has 33 heavy (non-hydrogen) atoms. The standard InChI is InChI=1S/C25H31N3O4S/c1-18-13-19(2)15-21(14-18)28-23(29)16-27(33(31,32)22-11-5-4-6-12-22)17-25(28,3)24(30)26-20-9-7-8-10-20/h4-6,11-15,20H,7-10,16-17H2,1-3H3,(H,26,30). The van der Waals surface area contributed by atoms with Crippen molar-refractivity contribution >= 4 is 27.5 Å². The van der Waals surface area contributed by atoms with Crippen molar-refractivity contribution in [2.24, 2.45) is 0 Å². The van der Waals surface area contributed by atoms with Crippen molar-refractivity contribution in [3.05, 3.63) is 59.7 Å². The average Bonchev–Trinajstić information content (AvgIpc) is 3.26. The normalized spacial score (nSPS) is 22.5. The Bertz CT molecular complexity index is 1140. The summed E-state index contributed by atoms with van der Waals surface area (Å²) in [6.45, 7) is 5.09. The molecule has 1 N–H and O–H groups in total. The van der Waals surface area contributed by atoms with Crippen molar-refractivity contribution in [1.82, 2.24) is 9.62 Å². The fraction of sp³-hybridized carbons (Fsp3) is 0.440. The molecule has 2 amide bonds. The molecular weight excluding hydrogens is 438 g/mol. The first-order chi connectivity index (χ1) is 15.6. The topological polar surface area (TPSA) is 86.8 Å². The van der Waals surface area contributed by atoms with Gasteiger partial charge < -0.3 is 5.32 Å². The number of carbonyl (C=O) groups excluding carboxylic acids is 2. The first kappa shape index (κ1) is 23.4. The highest BCUT2D eigenvalue weighted by Crippen LogP contribution is 2.34. The van der Waals surface area contributed by atoms with Crippen LogP contribution in [0.2, 0.25) is 0 Å². The molecule has 176 valence electrons. The second kappa shape index (κ2) is 8.91. The molecular formula is C25H31N3O4S. The maximum Gasteiger partial charge on any atom is 0.247 e. The quantitative estimate of drug-likeness (QED) is 0.729. The Morgan fingerprint density at radius 3 is 2.24 bits per heavy atom. The Balaban J connectivity index is 1.75. The van der Waals surface area contributed by atoms with Crippen LogP contribution in [0.3, 0.4) is 0 Å². The van der Waals surface area contributed by atoms with Gasteiger partial charge in [0.05, 0.1) is 11.4 Å². The van der Waals surface area contributed by atoms with Gasteiger partial charge in [0.2, 0.25) is 21.8 Å². The summed E-state index contributed by atoms with van der Waals surface area (Å²) in [5, 5.41) is 3.10. The minimum atomic E-state index is -3.94. The Morgan fingerprint density at radius 1 is 1.03 bits per heavy atom. The molecule has 1 heterocycles. The summed E-state index contributed by atoms with van der Waals surface area (Å²) < 4.78 is 27.9. The molecule has 8 heteroatoms. The van der Waals surface area contributed by atoms with Crippen LogP contribution in [0.25, 0.3) is 0 Å². The minimum absolute atomic E-state index is 0.0478. The lowest BCUT2D eigenvalue weighted by Gasteiger charge is -2.47. The van der Waals surface area contributed by atoms with Gasteiger partial charge in [-0.2, -0.15) is 4.31 Å². The van der Waals surface area contributed by atoms with Crippen molar-refractivity contribution in [3.8, 4) is 0 Å². The number of hydrogen-bond acceptors (Lipinski definition) is 4. The second-order valence-electron chi connectivity index (χ2n) is 9.39. The summed E-state index contributed by atoms with van der Waals surface area (Å²) in [5.74, 6) is -0.746. The highest BCUT2D eigenvalue weighted by atomic mass is 32.2. The molecule has 0 bridgehead atoms. The predicted molar refractivity (Wildman–Crippen MR) is 127 cm³/mol. The molecule has 1 saturated carbocycles. The van der Waals surface area contributed by atoms with Crippen molar-refractivity contribution in [3.63, 3.8) is 0 Å². The van der Waals surface area contributed by atoms with Gasteiger partial charge in [-0.1, -0.05) is 37.1 Å². The fourth-order valence-corrected chi connectivity index (χ4v) is 6.47. The highest BCUT2D eigenvalue weighted by Gasteiger charge is 2.51. The van der Waals surface area contributed by atoms with E-state index in [9.17, 15) is 18.0 Å². The summed E-state index contributed by atoms with van der Waals surface area (Å²) in [6.07, 6.45) is 3.89. The number of anilines is 1. The molecule has 0 aromatic heterocycles. The van der Waals surface area contributed by atoms with Crippen LogP contribution in [-0.2, 0) is 19.6 Å². The number of amides is 2. The van der Waals surface area contributed by atoms with E-state index in [1.807, 2.05) is 32.0 Å². The Labute approximate surface area is 195 Å². The van der Waals surface area contributed by atoms with Gasteiger partial charge in [0, 0.05) is 18.3 Å². The number of nitrogens with zero attached hydrogens (tertiary/aromatic N) is 2. The number of carbonyl (C=O) groups is 2. The van der Waals surface area contributed by atoms with Gasteiger partial charge in [0.15, 0.2) is 0 Å². The van der Waals surface area contributed by atoms with Crippen molar-refractivity contribution in [2.75, 3.05) is 18.0 Å². The Morgan fingerprint density at radius 2 is 1.64 bits per heavy atom. The SMILES string of the molecule is Cc1cc(C)cc(N2C(=O)CN(S(=O)(=O)c3ccccc3)CC2(C)C(=O)NC2CCCC2)c1. The van der Waals surface area contributed by atoms with E-state index in [-0.39, 0.29) is 29.9 Å². The lowest BCUT2D eigenvalue weighted by molar-refractivity contribution is -0.133. The van der Waals surface area contributed by atoms with Gasteiger partial charge in [-0.25, -0.2) is 8.42 Å². The van der Waals surface area contributed by atoms with E-state index < -0.39 is 21.5 Å². The molecule has 2 aliphatic rings. The number of piperazine rings is 1. The monoisotopic (exact) mass is 469 g/mol. The molecule has 1 saturated heterocycles. The van der Waals surface area contributed by atoms with E-state index in [0.29, 0.717) is 5.69 Å². The molecule has 1 aliphatic carbocycles. The second-order valence-corrected chi connectivity index (χ2v) is 11.3. The van der Waals surface area contributed by atoms with E-state index in [1.165, 1.54) is 17.0 Å². The van der Waals surface area contributed by atoms with E-state index in [1.54, 1.807) is 25.1 Å². The molecule has 2 fully saturated rings. The third-order valence-electron chi connectivity index (χ3n) is 6.56. The predicted octanol–water partition coefficient (Wildman–Crippen LogP) is 3.16. The summed E-state index contributed by atoms with van der Waals surface area (Å²) in [4.78, 5) is 28.8. The molecule has 2 aromatic carbocycles. The van der Waals surface area contributed by atoms with Gasteiger partial charge in [-0.05, 0) is 69.0 Å². The number of nitrogens with one attached hydrogen (secondary N) is 1. The van der Waals surface area contributed by atoms with Crippen LogP contribution in [0.1, 0.15) is 43.7 Å². The zero-order valence-electron chi connectivity index (χ0n) is 19.4. The lowest BCUT2D eigenvalue weighted by Crippen LogP contribution is -2.70. The summed E-state index contributed by atoms with van der Waals surface area (Å²) in [6, 6.07) is 13.8. The third kappa shape index (κ3) is 4.54. The van der Waals surface area contributed by atoms with E-state index in [2.05, 4.69) is 5.32 Å². The summed E-state index contributed by atoms with van der Waals surface area (Å²) >= 11 is 0. The molecule has 7 nitrogen and oxygen atoms in total. The first-order valence-corrected chi connectivity index (χ1v) is 12.8. The zero-order chi connectivity index (χ0) is 23.8. The van der Waals surface area contributed by atoms with Crippen LogP contribution >= 0.6 is 0 Å².